The Hall–Kier alpha value is -1.70. The Morgan fingerprint density at radius 3 is 2.30 bits per heavy atom. The highest BCUT2D eigenvalue weighted by Gasteiger charge is 2.28. The van der Waals surface area contributed by atoms with Gasteiger partial charge < -0.3 is 10.2 Å². The largest absolute Gasteiger partial charge is 0.338 e. The molecular weight excluding hydrogens is 313 g/mol. The minimum absolute atomic E-state index is 0.263. The first kappa shape index (κ1) is 16.2. The standard InChI is InChI=1S/C16H20FN5S/c1-16(21-23,12-2-4-14(17)5-3-12)13-10-19-15(20-11-13)22-8-6-18-7-9-22/h2-5,10-11,18,21,23H,6-9H2,1H3. The molecule has 122 valence electrons. The Bertz CT molecular complexity index is 643. The number of nitrogens with one attached hydrogen (secondary N) is 2. The highest BCUT2D eigenvalue weighted by atomic mass is 32.1. The minimum Gasteiger partial charge on any atom is -0.338 e. The van der Waals surface area contributed by atoms with E-state index in [-0.39, 0.29) is 5.82 Å². The summed E-state index contributed by atoms with van der Waals surface area (Å²) in [5.74, 6) is 0.469. The van der Waals surface area contributed by atoms with Crippen molar-refractivity contribution >= 4 is 18.8 Å². The van der Waals surface area contributed by atoms with E-state index in [4.69, 9.17) is 0 Å². The van der Waals surface area contributed by atoms with E-state index in [1.54, 1.807) is 24.5 Å². The molecule has 23 heavy (non-hydrogen) atoms. The van der Waals surface area contributed by atoms with Gasteiger partial charge in [0.2, 0.25) is 5.95 Å². The third kappa shape index (κ3) is 3.31. The Balaban J connectivity index is 1.87. The maximum absolute atomic E-state index is 13.2. The van der Waals surface area contributed by atoms with Crippen molar-refractivity contribution in [3.05, 3.63) is 53.6 Å². The number of nitrogens with zero attached hydrogens (tertiary/aromatic N) is 3. The molecule has 1 aromatic carbocycles. The highest BCUT2D eigenvalue weighted by Crippen LogP contribution is 2.29. The molecule has 0 aliphatic carbocycles. The fourth-order valence-corrected chi connectivity index (χ4v) is 2.94. The van der Waals surface area contributed by atoms with Gasteiger partial charge in [-0.1, -0.05) is 24.9 Å². The number of aromatic nitrogens is 2. The monoisotopic (exact) mass is 333 g/mol. The predicted molar refractivity (Wildman–Crippen MR) is 92.1 cm³/mol. The lowest BCUT2D eigenvalue weighted by Gasteiger charge is -2.30. The van der Waals surface area contributed by atoms with Crippen LogP contribution in [-0.4, -0.2) is 36.1 Å². The zero-order chi connectivity index (χ0) is 16.3. The van der Waals surface area contributed by atoms with Crippen molar-refractivity contribution < 1.29 is 4.39 Å². The molecule has 1 unspecified atom stereocenters. The van der Waals surface area contributed by atoms with Crippen molar-refractivity contribution in [2.24, 2.45) is 0 Å². The summed E-state index contributed by atoms with van der Waals surface area (Å²) in [7, 11) is 0. The molecule has 1 saturated heterocycles. The Morgan fingerprint density at radius 1 is 1.13 bits per heavy atom. The van der Waals surface area contributed by atoms with Gasteiger partial charge in [0.25, 0.3) is 0 Å². The lowest BCUT2D eigenvalue weighted by Crippen LogP contribution is -2.44. The van der Waals surface area contributed by atoms with Crippen LogP contribution < -0.4 is 14.9 Å². The van der Waals surface area contributed by atoms with Crippen LogP contribution >= 0.6 is 12.8 Å². The van der Waals surface area contributed by atoms with Crippen LogP contribution in [0.3, 0.4) is 0 Å². The van der Waals surface area contributed by atoms with E-state index in [1.807, 2.05) is 6.92 Å². The van der Waals surface area contributed by atoms with Gasteiger partial charge in [0.05, 0.1) is 5.54 Å². The number of halogens is 1. The van der Waals surface area contributed by atoms with Crippen LogP contribution in [0.4, 0.5) is 10.3 Å². The van der Waals surface area contributed by atoms with E-state index in [0.29, 0.717) is 0 Å². The fourth-order valence-electron chi connectivity index (χ4n) is 2.69. The van der Waals surface area contributed by atoms with Crippen LogP contribution in [0, 0.1) is 5.82 Å². The second-order valence-corrected chi connectivity index (χ2v) is 5.98. The Morgan fingerprint density at radius 2 is 1.74 bits per heavy atom. The summed E-state index contributed by atoms with van der Waals surface area (Å²) in [6.45, 7) is 5.66. The van der Waals surface area contributed by atoms with Crippen LogP contribution in [0.5, 0.6) is 0 Å². The summed E-state index contributed by atoms with van der Waals surface area (Å²) in [5.41, 5.74) is 1.17. The number of piperazine rings is 1. The van der Waals surface area contributed by atoms with Gasteiger partial charge in [-0.05, 0) is 24.6 Å². The summed E-state index contributed by atoms with van der Waals surface area (Å²) in [6, 6.07) is 6.36. The summed E-state index contributed by atoms with van der Waals surface area (Å²) in [5, 5.41) is 3.31. The average molecular weight is 333 g/mol. The van der Waals surface area contributed by atoms with E-state index in [1.165, 1.54) is 12.1 Å². The van der Waals surface area contributed by atoms with E-state index < -0.39 is 5.54 Å². The first-order valence-electron chi connectivity index (χ1n) is 7.59. The molecule has 0 bridgehead atoms. The molecule has 3 rings (SSSR count). The second-order valence-electron chi connectivity index (χ2n) is 5.75. The molecule has 2 aromatic rings. The smallest absolute Gasteiger partial charge is 0.225 e. The third-order valence-electron chi connectivity index (χ3n) is 4.26. The molecule has 5 nitrogen and oxygen atoms in total. The molecule has 0 spiro atoms. The summed E-state index contributed by atoms with van der Waals surface area (Å²) in [4.78, 5) is 11.2. The normalized spacial score (nSPS) is 17.8. The number of rotatable bonds is 4. The van der Waals surface area contributed by atoms with Gasteiger partial charge in [-0.25, -0.2) is 14.4 Å². The predicted octanol–water partition coefficient (Wildman–Crippen LogP) is 1.72. The van der Waals surface area contributed by atoms with Crippen molar-refractivity contribution in [1.29, 1.82) is 0 Å². The van der Waals surface area contributed by atoms with E-state index in [9.17, 15) is 4.39 Å². The van der Waals surface area contributed by atoms with Crippen LogP contribution in [0.15, 0.2) is 36.7 Å². The molecule has 2 heterocycles. The fraction of sp³-hybridized carbons (Fsp3) is 0.375. The van der Waals surface area contributed by atoms with Gasteiger partial charge in [0.15, 0.2) is 0 Å². The molecule has 1 atom stereocenters. The summed E-state index contributed by atoms with van der Waals surface area (Å²) >= 11 is 4.26. The van der Waals surface area contributed by atoms with Crippen LogP contribution in [0.1, 0.15) is 18.1 Å². The first-order chi connectivity index (χ1) is 11.1. The van der Waals surface area contributed by atoms with Crippen molar-refractivity contribution in [2.75, 3.05) is 31.1 Å². The topological polar surface area (TPSA) is 53.1 Å². The third-order valence-corrected chi connectivity index (χ3v) is 4.71. The van der Waals surface area contributed by atoms with Crippen LogP contribution in [-0.2, 0) is 5.54 Å². The van der Waals surface area contributed by atoms with Gasteiger partial charge in [0, 0.05) is 44.1 Å². The Labute approximate surface area is 140 Å². The van der Waals surface area contributed by atoms with Crippen LogP contribution in [0.2, 0.25) is 0 Å². The maximum atomic E-state index is 13.2. The molecule has 1 aliphatic heterocycles. The molecule has 1 aliphatic rings. The van der Waals surface area contributed by atoms with Crippen molar-refractivity contribution in [3.63, 3.8) is 0 Å². The summed E-state index contributed by atoms with van der Waals surface area (Å²) in [6.07, 6.45) is 3.61. The van der Waals surface area contributed by atoms with Gasteiger partial charge in [-0.15, -0.1) is 0 Å². The highest BCUT2D eigenvalue weighted by molar-refractivity contribution is 7.78. The minimum atomic E-state index is -0.598. The van der Waals surface area contributed by atoms with Gasteiger partial charge in [0.1, 0.15) is 5.82 Å². The SMILES string of the molecule is CC(NS)(c1ccc(F)cc1)c1cnc(N2CCNCC2)nc1. The van der Waals surface area contributed by atoms with Crippen molar-refractivity contribution in [1.82, 2.24) is 20.0 Å². The van der Waals surface area contributed by atoms with E-state index >= 15 is 0 Å². The number of thiol groups is 1. The average Bonchev–Trinajstić information content (AvgIpc) is 2.62. The zero-order valence-electron chi connectivity index (χ0n) is 13.0. The molecule has 1 aromatic heterocycles. The van der Waals surface area contributed by atoms with E-state index in [0.717, 1.165) is 43.3 Å². The van der Waals surface area contributed by atoms with Gasteiger partial charge >= 0.3 is 0 Å². The molecule has 0 amide bonds. The number of benzene rings is 1. The number of hydrogen-bond acceptors (Lipinski definition) is 6. The Kier molecular flexibility index (Phi) is 4.79. The maximum Gasteiger partial charge on any atom is 0.225 e. The first-order valence-corrected chi connectivity index (χ1v) is 8.04. The quantitative estimate of drug-likeness (QED) is 0.744. The lowest BCUT2D eigenvalue weighted by molar-refractivity contribution is 0.546. The lowest BCUT2D eigenvalue weighted by atomic mass is 9.87. The molecule has 7 heteroatoms. The van der Waals surface area contributed by atoms with Gasteiger partial charge in [-0.3, -0.25) is 4.72 Å². The summed E-state index contributed by atoms with van der Waals surface area (Å²) < 4.78 is 16.2. The molecule has 0 saturated carbocycles. The second kappa shape index (κ2) is 6.82. The molecule has 1 fully saturated rings. The molecule has 2 N–H and O–H groups in total. The number of hydrogen-bond donors (Lipinski definition) is 3. The van der Waals surface area contributed by atoms with Gasteiger partial charge in [-0.2, -0.15) is 0 Å². The van der Waals surface area contributed by atoms with Crippen molar-refractivity contribution in [2.45, 2.75) is 12.5 Å². The molecule has 0 radical (unpaired) electrons. The molecular formula is C16H20FN5S. The number of anilines is 1. The zero-order valence-corrected chi connectivity index (χ0v) is 13.9. The van der Waals surface area contributed by atoms with E-state index in [2.05, 4.69) is 37.7 Å². The van der Waals surface area contributed by atoms with Crippen molar-refractivity contribution in [3.8, 4) is 0 Å². The van der Waals surface area contributed by atoms with Crippen LogP contribution in [0.25, 0.3) is 0 Å².